The second-order valence-corrected chi connectivity index (χ2v) is 7.00. The zero-order valence-corrected chi connectivity index (χ0v) is 18.0. The van der Waals surface area contributed by atoms with Crippen molar-refractivity contribution in [3.05, 3.63) is 90.7 Å². The number of aromatic nitrogens is 2. The summed E-state index contributed by atoms with van der Waals surface area (Å²) in [5.41, 5.74) is 6.24. The molecule has 1 aromatic heterocycles. The first-order valence-corrected chi connectivity index (χ1v) is 9.75. The fourth-order valence-corrected chi connectivity index (χ4v) is 2.70. The van der Waals surface area contributed by atoms with E-state index in [0.29, 0.717) is 17.7 Å². The van der Waals surface area contributed by atoms with Crippen molar-refractivity contribution in [2.45, 2.75) is 13.8 Å². The smallest absolute Gasteiger partial charge is 0.320 e. The van der Waals surface area contributed by atoms with Crippen molar-refractivity contribution in [3.8, 4) is 11.5 Å². The van der Waals surface area contributed by atoms with Crippen molar-refractivity contribution >= 4 is 29.2 Å². The van der Waals surface area contributed by atoms with Crippen LogP contribution >= 0.6 is 0 Å². The monoisotopic (exact) mass is 414 g/mol. The van der Waals surface area contributed by atoms with E-state index in [2.05, 4.69) is 40.6 Å². The van der Waals surface area contributed by atoms with Gasteiger partial charge in [0.05, 0.1) is 6.26 Å². The molecule has 6 nitrogen and oxygen atoms in total. The maximum Gasteiger partial charge on any atom is 0.320 e. The molecule has 6 heteroatoms. The molecule has 0 aliphatic rings. The third kappa shape index (κ3) is 5.30. The molecule has 0 bridgehead atoms. The summed E-state index contributed by atoms with van der Waals surface area (Å²) in [5.74, 6) is 0.906. The lowest BCUT2D eigenvalue weighted by molar-refractivity contribution is 0.434. The Hall–Kier alpha value is -4.06. The van der Waals surface area contributed by atoms with Crippen LogP contribution in [0.3, 0.4) is 0 Å². The van der Waals surface area contributed by atoms with E-state index in [-0.39, 0.29) is 0 Å². The Morgan fingerprint density at radius 3 is 2.61 bits per heavy atom. The third-order valence-electron chi connectivity index (χ3n) is 4.70. The largest absolute Gasteiger partial charge is 0.465 e. The van der Waals surface area contributed by atoms with Crippen molar-refractivity contribution in [1.29, 1.82) is 0 Å². The van der Waals surface area contributed by atoms with Crippen molar-refractivity contribution in [2.75, 3.05) is 17.7 Å². The lowest BCUT2D eigenvalue weighted by atomic mass is 10.1. The van der Waals surface area contributed by atoms with E-state index in [4.69, 9.17) is 9.15 Å². The molecule has 0 saturated carbocycles. The highest BCUT2D eigenvalue weighted by Crippen LogP contribution is 2.27. The summed E-state index contributed by atoms with van der Waals surface area (Å²) in [5, 5.41) is 14.5. The Morgan fingerprint density at radius 1 is 1.10 bits per heavy atom. The molecule has 2 N–H and O–H groups in total. The van der Waals surface area contributed by atoms with Crippen LogP contribution in [0.2, 0.25) is 0 Å². The highest BCUT2D eigenvalue weighted by atomic mass is 16.5. The summed E-state index contributed by atoms with van der Waals surface area (Å²) in [6, 6.07) is 13.7. The summed E-state index contributed by atoms with van der Waals surface area (Å²) >= 11 is 0. The van der Waals surface area contributed by atoms with E-state index >= 15 is 0 Å². The van der Waals surface area contributed by atoms with Crippen LogP contribution in [0.4, 0.5) is 17.4 Å². The molecule has 0 amide bonds. The van der Waals surface area contributed by atoms with E-state index in [1.807, 2.05) is 63.4 Å². The maximum absolute atomic E-state index is 5.80. The van der Waals surface area contributed by atoms with Crippen LogP contribution in [0.25, 0.3) is 23.3 Å². The third-order valence-corrected chi connectivity index (χ3v) is 4.70. The molecule has 0 spiro atoms. The number of ether oxygens (including phenoxy) is 1. The predicted octanol–water partition coefficient (Wildman–Crippen LogP) is 6.63. The summed E-state index contributed by atoms with van der Waals surface area (Å²) in [6.45, 7) is 15.6. The molecule has 31 heavy (non-hydrogen) atoms. The van der Waals surface area contributed by atoms with Gasteiger partial charge in [-0.1, -0.05) is 48.6 Å². The highest BCUT2D eigenvalue weighted by molar-refractivity contribution is 5.71. The zero-order valence-electron chi connectivity index (χ0n) is 18.0. The quantitative estimate of drug-likeness (QED) is 0.302. The molecule has 0 aliphatic carbocycles. The number of nitrogens with one attached hydrogen (secondary N) is 2. The van der Waals surface area contributed by atoms with Crippen LogP contribution in [0.15, 0.2) is 84.0 Å². The van der Waals surface area contributed by atoms with Crippen LogP contribution < -0.4 is 10.6 Å². The Balaban J connectivity index is 1.76. The predicted molar refractivity (Wildman–Crippen MR) is 128 cm³/mol. The van der Waals surface area contributed by atoms with Crippen LogP contribution in [0.1, 0.15) is 25.0 Å². The van der Waals surface area contributed by atoms with Crippen LogP contribution in [0.5, 0.6) is 0 Å². The van der Waals surface area contributed by atoms with Gasteiger partial charge in [-0.05, 0) is 55.3 Å². The fraction of sp³-hybridized carbons (Fsp3) is 0.120. The number of hydrogen-bond donors (Lipinski definition) is 2. The Bertz CT molecular complexity index is 1160. The zero-order chi connectivity index (χ0) is 22.4. The van der Waals surface area contributed by atoms with Gasteiger partial charge in [-0.3, -0.25) is 0 Å². The molecule has 2 aromatic carbocycles. The van der Waals surface area contributed by atoms with Crippen molar-refractivity contribution in [2.24, 2.45) is 0 Å². The lowest BCUT2D eigenvalue weighted by Gasteiger charge is -2.08. The van der Waals surface area contributed by atoms with Gasteiger partial charge in [0, 0.05) is 29.5 Å². The minimum Gasteiger partial charge on any atom is -0.465 e. The van der Waals surface area contributed by atoms with E-state index in [1.54, 1.807) is 12.3 Å². The molecule has 158 valence electrons. The van der Waals surface area contributed by atoms with Crippen molar-refractivity contribution in [3.63, 3.8) is 0 Å². The van der Waals surface area contributed by atoms with Gasteiger partial charge >= 0.3 is 6.01 Å². The van der Waals surface area contributed by atoms with E-state index in [9.17, 15) is 0 Å². The molecule has 0 aliphatic heterocycles. The van der Waals surface area contributed by atoms with Gasteiger partial charge in [0.15, 0.2) is 0 Å². The van der Waals surface area contributed by atoms with Gasteiger partial charge in [-0.2, -0.15) is 0 Å². The molecule has 0 atom stereocenters. The number of rotatable bonds is 9. The molecule has 3 rings (SSSR count). The molecule has 0 unspecified atom stereocenters. The van der Waals surface area contributed by atoms with Gasteiger partial charge in [0.2, 0.25) is 5.89 Å². The first-order valence-electron chi connectivity index (χ1n) is 9.75. The fourth-order valence-electron chi connectivity index (χ4n) is 2.70. The van der Waals surface area contributed by atoms with E-state index in [1.165, 1.54) is 0 Å². The number of hydrogen-bond acceptors (Lipinski definition) is 6. The standard InChI is InChI=1S/C25H26N4O2/c1-7-19-14-22(11-12-23(19)26-6)27-25-29-28-24(31-25)21-10-8-9-20(13-21)18(5)30-15-17(4)16(2)3/h7-15,26H,1-2,5H2,3-4,6H3,(H,27,29)/b17-15-. The minimum atomic E-state index is 0.294. The Labute approximate surface area is 182 Å². The van der Waals surface area contributed by atoms with Crippen LogP contribution in [0, 0.1) is 0 Å². The average molecular weight is 415 g/mol. The molecule has 0 saturated heterocycles. The Morgan fingerprint density at radius 2 is 1.90 bits per heavy atom. The lowest BCUT2D eigenvalue weighted by Crippen LogP contribution is -1.95. The normalized spacial score (nSPS) is 11.0. The number of allylic oxidation sites excluding steroid dienone is 2. The van der Waals surface area contributed by atoms with Gasteiger partial charge in [0.25, 0.3) is 0 Å². The first-order chi connectivity index (χ1) is 14.9. The minimum absolute atomic E-state index is 0.294. The number of anilines is 3. The second kappa shape index (κ2) is 9.63. The summed E-state index contributed by atoms with van der Waals surface area (Å²) < 4.78 is 11.5. The van der Waals surface area contributed by atoms with Gasteiger partial charge in [-0.25, -0.2) is 0 Å². The van der Waals surface area contributed by atoms with Crippen molar-refractivity contribution < 1.29 is 9.15 Å². The second-order valence-electron chi connectivity index (χ2n) is 7.00. The first kappa shape index (κ1) is 21.6. The molecule has 1 heterocycles. The molecule has 0 fully saturated rings. The molecular weight excluding hydrogens is 388 g/mol. The number of benzene rings is 2. The van der Waals surface area contributed by atoms with Crippen LogP contribution in [-0.2, 0) is 4.74 Å². The average Bonchev–Trinajstić information content (AvgIpc) is 3.25. The van der Waals surface area contributed by atoms with Gasteiger partial charge in [-0.15, -0.1) is 5.10 Å². The summed E-state index contributed by atoms with van der Waals surface area (Å²) in [6.07, 6.45) is 3.42. The van der Waals surface area contributed by atoms with E-state index < -0.39 is 0 Å². The van der Waals surface area contributed by atoms with Crippen molar-refractivity contribution in [1.82, 2.24) is 10.2 Å². The number of nitrogens with zero attached hydrogens (tertiary/aromatic N) is 2. The molecular formula is C25H26N4O2. The Kier molecular flexibility index (Phi) is 6.72. The molecule has 3 aromatic rings. The topological polar surface area (TPSA) is 72.2 Å². The summed E-state index contributed by atoms with van der Waals surface area (Å²) in [4.78, 5) is 0. The summed E-state index contributed by atoms with van der Waals surface area (Å²) in [7, 11) is 1.87. The SMILES string of the molecule is C=Cc1cc(Nc2nnc(-c3cccc(C(=C)O/C=C(/C)C(=C)C)c3)o2)ccc1NC. The molecule has 0 radical (unpaired) electrons. The van der Waals surface area contributed by atoms with Gasteiger partial charge < -0.3 is 19.8 Å². The van der Waals surface area contributed by atoms with Crippen LogP contribution in [-0.4, -0.2) is 17.2 Å². The maximum atomic E-state index is 5.80. The van der Waals surface area contributed by atoms with E-state index in [0.717, 1.165) is 39.2 Å². The highest BCUT2D eigenvalue weighted by Gasteiger charge is 2.11. The van der Waals surface area contributed by atoms with Gasteiger partial charge in [0.1, 0.15) is 5.76 Å².